The van der Waals surface area contributed by atoms with Crippen molar-refractivity contribution in [3.05, 3.63) is 64.8 Å². The monoisotopic (exact) mass is 498 g/mol. The van der Waals surface area contributed by atoms with Crippen LogP contribution >= 0.6 is 0 Å². The maximum atomic E-state index is 13.0. The molecule has 0 bridgehead atoms. The fourth-order valence-corrected chi connectivity index (χ4v) is 5.56. The second-order valence-electron chi connectivity index (χ2n) is 9.73. The summed E-state index contributed by atoms with van der Waals surface area (Å²) in [6.45, 7) is 0.153. The van der Waals surface area contributed by atoms with Crippen molar-refractivity contribution < 1.29 is 19.2 Å². The van der Waals surface area contributed by atoms with E-state index in [4.69, 9.17) is 0 Å². The summed E-state index contributed by atoms with van der Waals surface area (Å²) < 4.78 is 1.51. The second-order valence-corrected chi connectivity index (χ2v) is 9.73. The van der Waals surface area contributed by atoms with Gasteiger partial charge in [-0.2, -0.15) is 0 Å². The molecular weight excluding hydrogens is 472 g/mol. The molecule has 2 N–H and O–H groups in total. The maximum absolute atomic E-state index is 13.0. The summed E-state index contributed by atoms with van der Waals surface area (Å²) in [6.07, 6.45) is 6.70. The van der Waals surface area contributed by atoms with E-state index in [1.165, 1.54) is 27.1 Å². The van der Waals surface area contributed by atoms with Crippen LogP contribution in [0.3, 0.4) is 0 Å². The molecule has 0 saturated carbocycles. The number of amides is 4. The molecule has 1 fully saturated rings. The lowest BCUT2D eigenvalue weighted by atomic mass is 9.87. The number of hydrogen-bond acceptors (Lipinski definition) is 6. The third kappa shape index (κ3) is 4.28. The number of aryl methyl sites for hydroxylation is 1. The summed E-state index contributed by atoms with van der Waals surface area (Å²) in [5.41, 5.74) is 6.10. The normalized spacial score (nSPS) is 18.9. The Balaban J connectivity index is 1.16. The first kappa shape index (κ1) is 23.1. The number of aromatic nitrogens is 3. The zero-order valence-electron chi connectivity index (χ0n) is 20.2. The molecule has 10 nitrogen and oxygen atoms in total. The minimum Gasteiger partial charge on any atom is -0.324 e. The number of anilines is 1. The van der Waals surface area contributed by atoms with Gasteiger partial charge in [-0.25, -0.2) is 4.68 Å². The molecule has 1 aliphatic carbocycles. The van der Waals surface area contributed by atoms with Crippen LogP contribution in [0.5, 0.6) is 0 Å². The molecular formula is C27H26N6O4. The number of rotatable bonds is 5. The van der Waals surface area contributed by atoms with Gasteiger partial charge in [-0.1, -0.05) is 29.5 Å². The number of carbonyl (C=O) groups is 4. The van der Waals surface area contributed by atoms with E-state index in [0.29, 0.717) is 16.8 Å². The van der Waals surface area contributed by atoms with Crippen LogP contribution in [-0.4, -0.2) is 49.6 Å². The number of imide groups is 1. The lowest BCUT2D eigenvalue weighted by Crippen LogP contribution is -2.52. The van der Waals surface area contributed by atoms with Gasteiger partial charge in [-0.3, -0.25) is 24.5 Å². The van der Waals surface area contributed by atoms with Gasteiger partial charge in [0.25, 0.3) is 5.91 Å². The zero-order chi connectivity index (χ0) is 25.5. The number of benzene rings is 2. The van der Waals surface area contributed by atoms with E-state index >= 15 is 0 Å². The van der Waals surface area contributed by atoms with E-state index in [1.54, 1.807) is 24.4 Å². The first-order valence-electron chi connectivity index (χ1n) is 12.6. The van der Waals surface area contributed by atoms with Gasteiger partial charge in [0.2, 0.25) is 17.7 Å². The molecule has 3 aliphatic rings. The third-order valence-corrected chi connectivity index (χ3v) is 7.37. The number of nitrogens with one attached hydrogen (secondary N) is 2. The van der Waals surface area contributed by atoms with Gasteiger partial charge < -0.3 is 10.2 Å². The van der Waals surface area contributed by atoms with E-state index in [2.05, 4.69) is 33.1 Å². The summed E-state index contributed by atoms with van der Waals surface area (Å²) in [6, 6.07) is 10.7. The van der Waals surface area contributed by atoms with Gasteiger partial charge in [0, 0.05) is 35.3 Å². The van der Waals surface area contributed by atoms with E-state index < -0.39 is 11.9 Å². The lowest BCUT2D eigenvalue weighted by Gasteiger charge is -2.29. The highest BCUT2D eigenvalue weighted by Crippen LogP contribution is 2.33. The van der Waals surface area contributed by atoms with E-state index in [9.17, 15) is 19.2 Å². The average Bonchev–Trinajstić information content (AvgIpc) is 3.49. The largest absolute Gasteiger partial charge is 0.324 e. The van der Waals surface area contributed by atoms with Gasteiger partial charge >= 0.3 is 0 Å². The van der Waals surface area contributed by atoms with Crippen molar-refractivity contribution in [3.8, 4) is 11.3 Å². The summed E-state index contributed by atoms with van der Waals surface area (Å²) >= 11 is 0. The zero-order valence-corrected chi connectivity index (χ0v) is 20.2. The summed E-state index contributed by atoms with van der Waals surface area (Å²) in [4.78, 5) is 51.2. The van der Waals surface area contributed by atoms with Crippen molar-refractivity contribution in [1.82, 2.24) is 25.2 Å². The minimum atomic E-state index is -0.710. The quantitative estimate of drug-likeness (QED) is 0.520. The predicted molar refractivity (Wildman–Crippen MR) is 133 cm³/mol. The fraction of sp³-hybridized carbons (Fsp3) is 0.333. The Morgan fingerprint density at radius 1 is 1.00 bits per heavy atom. The van der Waals surface area contributed by atoms with E-state index in [-0.39, 0.29) is 43.7 Å². The Kier molecular flexibility index (Phi) is 5.78. The number of nitrogens with zero attached hydrogens (tertiary/aromatic N) is 4. The Morgan fingerprint density at radius 3 is 2.68 bits per heavy atom. The molecule has 6 rings (SSSR count). The molecule has 188 valence electrons. The van der Waals surface area contributed by atoms with Crippen molar-refractivity contribution >= 4 is 29.3 Å². The highest BCUT2D eigenvalue weighted by molar-refractivity contribution is 6.06. The molecule has 1 unspecified atom stereocenters. The Bertz CT molecular complexity index is 1440. The van der Waals surface area contributed by atoms with Crippen molar-refractivity contribution in [2.75, 3.05) is 5.32 Å². The molecule has 3 heterocycles. The van der Waals surface area contributed by atoms with E-state index in [0.717, 1.165) is 30.5 Å². The molecule has 0 spiro atoms. The van der Waals surface area contributed by atoms with Gasteiger partial charge in [-0.05, 0) is 55.4 Å². The van der Waals surface area contributed by atoms with Crippen LogP contribution in [0.2, 0.25) is 0 Å². The Morgan fingerprint density at radius 2 is 1.81 bits per heavy atom. The van der Waals surface area contributed by atoms with Crippen molar-refractivity contribution in [2.45, 2.75) is 57.7 Å². The van der Waals surface area contributed by atoms with Crippen LogP contribution in [0, 0.1) is 0 Å². The molecule has 3 aromatic rings. The summed E-state index contributed by atoms with van der Waals surface area (Å²) in [7, 11) is 0. The van der Waals surface area contributed by atoms with Crippen LogP contribution < -0.4 is 10.6 Å². The molecule has 1 saturated heterocycles. The van der Waals surface area contributed by atoms with Crippen LogP contribution in [0.1, 0.15) is 52.7 Å². The van der Waals surface area contributed by atoms with Gasteiger partial charge in [0.15, 0.2) is 0 Å². The molecule has 4 amide bonds. The predicted octanol–water partition coefficient (Wildman–Crippen LogP) is 2.22. The molecule has 2 aromatic carbocycles. The van der Waals surface area contributed by atoms with Crippen LogP contribution in [0.15, 0.2) is 42.6 Å². The summed E-state index contributed by atoms with van der Waals surface area (Å²) in [5, 5.41) is 13.7. The highest BCUT2D eigenvalue weighted by atomic mass is 16.2. The highest BCUT2D eigenvalue weighted by Gasteiger charge is 2.40. The molecule has 1 atom stereocenters. The molecule has 37 heavy (non-hydrogen) atoms. The van der Waals surface area contributed by atoms with Gasteiger partial charge in [0.1, 0.15) is 18.3 Å². The standard InChI is InChI=1S/C27H26N6O4/c34-24-12-11-23(26(36)29-24)33-13-20-19(27(33)37)9-4-10-21(20)28-25(35)15-32-14-22(30-31-32)18-8-3-6-16-5-1-2-7-17(16)18/h3-4,6,8-10,14,23H,1-2,5,7,11-13,15H2,(H,28,35)(H,29,34,36). The maximum Gasteiger partial charge on any atom is 0.255 e. The van der Waals surface area contributed by atoms with Gasteiger partial charge in [-0.15, -0.1) is 5.10 Å². The lowest BCUT2D eigenvalue weighted by molar-refractivity contribution is -0.137. The molecule has 1 aromatic heterocycles. The van der Waals surface area contributed by atoms with Crippen molar-refractivity contribution in [2.24, 2.45) is 0 Å². The number of hydrogen-bond donors (Lipinski definition) is 2. The van der Waals surface area contributed by atoms with Crippen molar-refractivity contribution in [1.29, 1.82) is 0 Å². The number of fused-ring (bicyclic) bond motifs is 2. The second kappa shape index (κ2) is 9.27. The Labute approximate surface area is 213 Å². The first-order valence-corrected chi connectivity index (χ1v) is 12.6. The average molecular weight is 499 g/mol. The van der Waals surface area contributed by atoms with Crippen LogP contribution in [0.4, 0.5) is 5.69 Å². The number of carbonyl (C=O) groups excluding carboxylic acids is 4. The fourth-order valence-electron chi connectivity index (χ4n) is 5.56. The minimum absolute atomic E-state index is 0.0313. The number of piperidine rings is 1. The topological polar surface area (TPSA) is 126 Å². The molecule has 2 aliphatic heterocycles. The third-order valence-electron chi connectivity index (χ3n) is 7.37. The van der Waals surface area contributed by atoms with Crippen LogP contribution in [-0.2, 0) is 40.3 Å². The first-order chi connectivity index (χ1) is 18.0. The van der Waals surface area contributed by atoms with Crippen molar-refractivity contribution in [3.63, 3.8) is 0 Å². The Hall–Kier alpha value is -4.34. The van der Waals surface area contributed by atoms with E-state index in [1.807, 2.05) is 6.07 Å². The molecule has 0 radical (unpaired) electrons. The van der Waals surface area contributed by atoms with Crippen LogP contribution in [0.25, 0.3) is 11.3 Å². The summed E-state index contributed by atoms with van der Waals surface area (Å²) in [5.74, 6) is -1.38. The van der Waals surface area contributed by atoms with Gasteiger partial charge in [0.05, 0.1) is 6.20 Å². The molecule has 10 heteroatoms. The smallest absolute Gasteiger partial charge is 0.255 e. The SMILES string of the molecule is O=C1CCC(N2Cc3c(NC(=O)Cn4cc(-c5cccc6c5CCCC6)nn4)cccc3C2=O)C(=O)N1.